The zero-order valence-corrected chi connectivity index (χ0v) is 10.4. The number of hydrogen-bond donors (Lipinski definition) is 2. The van der Waals surface area contributed by atoms with E-state index in [-0.39, 0.29) is 6.04 Å². The standard InChI is InChI=1S/C11H16Cl2N2/c1-7(2)11(6-14)15-10-4-8(12)3-9(13)5-10/h3-5,7,11,15H,6,14H2,1-2H3. The number of nitrogens with one attached hydrogen (secondary N) is 1. The lowest BCUT2D eigenvalue weighted by Gasteiger charge is -2.22. The summed E-state index contributed by atoms with van der Waals surface area (Å²) in [5, 5.41) is 4.57. The van der Waals surface area contributed by atoms with Gasteiger partial charge in [-0.2, -0.15) is 0 Å². The van der Waals surface area contributed by atoms with Gasteiger partial charge in [-0.1, -0.05) is 37.0 Å². The predicted octanol–water partition coefficient (Wildman–Crippen LogP) is 3.39. The van der Waals surface area contributed by atoms with Crippen molar-refractivity contribution in [1.29, 1.82) is 0 Å². The Bertz CT molecular complexity index is 306. The molecule has 0 heterocycles. The second-order valence-electron chi connectivity index (χ2n) is 3.89. The molecule has 1 atom stereocenters. The minimum absolute atomic E-state index is 0.236. The number of nitrogens with two attached hydrogens (primary N) is 1. The molecule has 1 aromatic carbocycles. The Hall–Kier alpha value is -0.440. The molecule has 0 radical (unpaired) electrons. The fourth-order valence-electron chi connectivity index (χ4n) is 1.35. The van der Waals surface area contributed by atoms with Crippen molar-refractivity contribution in [3.8, 4) is 0 Å². The van der Waals surface area contributed by atoms with Gasteiger partial charge in [0.05, 0.1) is 0 Å². The molecule has 0 saturated heterocycles. The molecule has 1 rings (SSSR count). The Kier molecular flexibility index (Phi) is 4.71. The minimum Gasteiger partial charge on any atom is -0.381 e. The van der Waals surface area contributed by atoms with E-state index in [1.165, 1.54) is 0 Å². The van der Waals surface area contributed by atoms with E-state index in [1.807, 2.05) is 12.1 Å². The van der Waals surface area contributed by atoms with Gasteiger partial charge in [0.25, 0.3) is 0 Å². The molecule has 84 valence electrons. The highest BCUT2D eigenvalue weighted by atomic mass is 35.5. The summed E-state index contributed by atoms with van der Waals surface area (Å²) in [7, 11) is 0. The van der Waals surface area contributed by atoms with Gasteiger partial charge in [-0.25, -0.2) is 0 Å². The van der Waals surface area contributed by atoms with Crippen molar-refractivity contribution in [3.63, 3.8) is 0 Å². The lowest BCUT2D eigenvalue weighted by atomic mass is 10.0. The summed E-state index contributed by atoms with van der Waals surface area (Å²) in [4.78, 5) is 0. The first-order valence-electron chi connectivity index (χ1n) is 4.95. The Morgan fingerprint density at radius 3 is 2.13 bits per heavy atom. The van der Waals surface area contributed by atoms with Crippen molar-refractivity contribution in [2.75, 3.05) is 11.9 Å². The van der Waals surface area contributed by atoms with E-state index in [0.717, 1.165) is 5.69 Å². The summed E-state index contributed by atoms with van der Waals surface area (Å²) in [6.07, 6.45) is 0. The molecule has 0 aliphatic rings. The zero-order chi connectivity index (χ0) is 11.4. The maximum absolute atomic E-state index is 5.90. The Morgan fingerprint density at radius 2 is 1.73 bits per heavy atom. The molecular formula is C11H16Cl2N2. The molecule has 1 unspecified atom stereocenters. The SMILES string of the molecule is CC(C)C(CN)Nc1cc(Cl)cc(Cl)c1. The maximum Gasteiger partial charge on any atom is 0.0441 e. The van der Waals surface area contributed by atoms with E-state index in [4.69, 9.17) is 28.9 Å². The molecule has 15 heavy (non-hydrogen) atoms. The van der Waals surface area contributed by atoms with Gasteiger partial charge in [-0.15, -0.1) is 0 Å². The zero-order valence-electron chi connectivity index (χ0n) is 8.93. The molecule has 0 saturated carbocycles. The van der Waals surface area contributed by atoms with E-state index in [9.17, 15) is 0 Å². The van der Waals surface area contributed by atoms with Gasteiger partial charge in [0.2, 0.25) is 0 Å². The number of benzene rings is 1. The van der Waals surface area contributed by atoms with Crippen LogP contribution in [0.5, 0.6) is 0 Å². The quantitative estimate of drug-likeness (QED) is 0.855. The lowest BCUT2D eigenvalue weighted by molar-refractivity contribution is 0.531. The molecule has 2 nitrogen and oxygen atoms in total. The highest BCUT2D eigenvalue weighted by molar-refractivity contribution is 6.35. The van der Waals surface area contributed by atoms with Crippen LogP contribution >= 0.6 is 23.2 Å². The van der Waals surface area contributed by atoms with Crippen LogP contribution in [0.2, 0.25) is 10.0 Å². The van der Waals surface area contributed by atoms with Crippen LogP contribution in [0.1, 0.15) is 13.8 Å². The first-order chi connectivity index (χ1) is 7.02. The fraction of sp³-hybridized carbons (Fsp3) is 0.455. The summed E-state index contributed by atoms with van der Waals surface area (Å²) in [5.74, 6) is 0.466. The monoisotopic (exact) mass is 246 g/mol. The van der Waals surface area contributed by atoms with Gasteiger partial charge >= 0.3 is 0 Å². The van der Waals surface area contributed by atoms with Crippen LogP contribution in [-0.2, 0) is 0 Å². The Labute approximate surface area is 101 Å². The average Bonchev–Trinajstić information content (AvgIpc) is 2.12. The van der Waals surface area contributed by atoms with Crippen LogP contribution in [0.4, 0.5) is 5.69 Å². The summed E-state index contributed by atoms with van der Waals surface area (Å²) in [6.45, 7) is 4.83. The van der Waals surface area contributed by atoms with Crippen molar-refractivity contribution in [1.82, 2.24) is 0 Å². The average molecular weight is 247 g/mol. The van der Waals surface area contributed by atoms with Crippen molar-refractivity contribution < 1.29 is 0 Å². The summed E-state index contributed by atoms with van der Waals surface area (Å²) in [6, 6.07) is 5.64. The van der Waals surface area contributed by atoms with E-state index >= 15 is 0 Å². The van der Waals surface area contributed by atoms with E-state index in [1.54, 1.807) is 6.07 Å². The lowest BCUT2D eigenvalue weighted by Crippen LogP contribution is -2.33. The molecule has 0 aliphatic carbocycles. The molecule has 1 aromatic rings. The topological polar surface area (TPSA) is 38.0 Å². The molecule has 0 aromatic heterocycles. The second-order valence-corrected chi connectivity index (χ2v) is 4.76. The smallest absolute Gasteiger partial charge is 0.0441 e. The molecular weight excluding hydrogens is 231 g/mol. The number of hydrogen-bond acceptors (Lipinski definition) is 2. The number of rotatable bonds is 4. The second kappa shape index (κ2) is 5.59. The minimum atomic E-state index is 0.236. The molecule has 0 bridgehead atoms. The van der Waals surface area contributed by atoms with Crippen molar-refractivity contribution in [2.45, 2.75) is 19.9 Å². The van der Waals surface area contributed by atoms with Crippen LogP contribution in [0.25, 0.3) is 0 Å². The first kappa shape index (κ1) is 12.6. The largest absolute Gasteiger partial charge is 0.381 e. The third kappa shape index (κ3) is 3.90. The number of halogens is 2. The molecule has 0 amide bonds. The van der Waals surface area contributed by atoms with Crippen molar-refractivity contribution in [2.24, 2.45) is 11.7 Å². The first-order valence-corrected chi connectivity index (χ1v) is 5.71. The Balaban J connectivity index is 2.79. The highest BCUT2D eigenvalue weighted by Crippen LogP contribution is 2.23. The fourth-order valence-corrected chi connectivity index (χ4v) is 1.88. The van der Waals surface area contributed by atoms with Gasteiger partial charge in [-0.05, 0) is 24.1 Å². The van der Waals surface area contributed by atoms with E-state index in [0.29, 0.717) is 22.5 Å². The molecule has 0 fully saturated rings. The maximum atomic E-state index is 5.90. The van der Waals surface area contributed by atoms with Gasteiger partial charge in [-0.3, -0.25) is 0 Å². The molecule has 4 heteroatoms. The van der Waals surface area contributed by atoms with Crippen LogP contribution in [0.3, 0.4) is 0 Å². The van der Waals surface area contributed by atoms with Gasteiger partial charge in [0.1, 0.15) is 0 Å². The summed E-state index contributed by atoms with van der Waals surface area (Å²) in [5.41, 5.74) is 6.58. The number of anilines is 1. The highest BCUT2D eigenvalue weighted by Gasteiger charge is 2.11. The summed E-state index contributed by atoms with van der Waals surface area (Å²) >= 11 is 11.8. The van der Waals surface area contributed by atoms with E-state index < -0.39 is 0 Å². The van der Waals surface area contributed by atoms with E-state index in [2.05, 4.69) is 19.2 Å². The van der Waals surface area contributed by atoms with Crippen LogP contribution in [-0.4, -0.2) is 12.6 Å². The predicted molar refractivity (Wildman–Crippen MR) is 67.8 cm³/mol. The van der Waals surface area contributed by atoms with Gasteiger partial charge < -0.3 is 11.1 Å². The van der Waals surface area contributed by atoms with Gasteiger partial charge in [0, 0.05) is 28.3 Å². The third-order valence-electron chi connectivity index (χ3n) is 2.27. The third-order valence-corrected chi connectivity index (χ3v) is 2.71. The summed E-state index contributed by atoms with van der Waals surface area (Å²) < 4.78 is 0. The van der Waals surface area contributed by atoms with Crippen LogP contribution in [0.15, 0.2) is 18.2 Å². The Morgan fingerprint density at radius 1 is 1.20 bits per heavy atom. The van der Waals surface area contributed by atoms with Crippen LogP contribution < -0.4 is 11.1 Å². The normalized spacial score (nSPS) is 12.9. The van der Waals surface area contributed by atoms with Gasteiger partial charge in [0.15, 0.2) is 0 Å². The van der Waals surface area contributed by atoms with Crippen molar-refractivity contribution in [3.05, 3.63) is 28.2 Å². The molecule has 3 N–H and O–H groups in total. The van der Waals surface area contributed by atoms with Crippen LogP contribution in [0, 0.1) is 5.92 Å². The van der Waals surface area contributed by atoms with Crippen molar-refractivity contribution >= 4 is 28.9 Å². The molecule has 0 spiro atoms. The molecule has 0 aliphatic heterocycles.